The third-order valence-electron chi connectivity index (χ3n) is 2.19. The second-order valence-electron chi connectivity index (χ2n) is 3.91. The maximum absolute atomic E-state index is 11.2. The van der Waals surface area contributed by atoms with Gasteiger partial charge < -0.3 is 14.2 Å². The predicted octanol–water partition coefficient (Wildman–Crippen LogP) is 0.991. The van der Waals surface area contributed by atoms with Crippen molar-refractivity contribution in [1.82, 2.24) is 0 Å². The van der Waals surface area contributed by atoms with Gasteiger partial charge in [0.05, 0.1) is 32.3 Å². The Morgan fingerprint density at radius 2 is 2.21 bits per heavy atom. The van der Waals surface area contributed by atoms with Gasteiger partial charge in [-0.05, 0) is 20.8 Å². The van der Waals surface area contributed by atoms with Crippen LogP contribution >= 0.6 is 0 Å². The molecule has 1 aliphatic rings. The number of ether oxygens (including phenoxy) is 3. The van der Waals surface area contributed by atoms with Crippen LogP contribution in [0.1, 0.15) is 20.8 Å². The van der Waals surface area contributed by atoms with Gasteiger partial charge in [-0.3, -0.25) is 4.79 Å². The molecule has 0 aromatic heterocycles. The van der Waals surface area contributed by atoms with Crippen molar-refractivity contribution >= 4 is 5.97 Å². The van der Waals surface area contributed by atoms with Crippen molar-refractivity contribution < 1.29 is 19.0 Å². The maximum atomic E-state index is 11.2. The van der Waals surface area contributed by atoms with Gasteiger partial charge in [-0.2, -0.15) is 0 Å². The van der Waals surface area contributed by atoms with Gasteiger partial charge in [-0.15, -0.1) is 0 Å². The topological polar surface area (TPSA) is 44.8 Å². The summed E-state index contributed by atoms with van der Waals surface area (Å²) in [7, 11) is 0. The molecule has 0 aromatic rings. The van der Waals surface area contributed by atoms with Crippen LogP contribution in [0, 0.1) is 5.92 Å². The lowest BCUT2D eigenvalue weighted by Gasteiger charge is -2.38. The molecule has 0 saturated carbocycles. The average Bonchev–Trinajstić information content (AvgIpc) is 2.11. The minimum absolute atomic E-state index is 0.194. The van der Waals surface area contributed by atoms with Gasteiger partial charge in [0.15, 0.2) is 0 Å². The first kappa shape index (κ1) is 11.5. The molecular weight excluding hydrogens is 184 g/mol. The predicted molar refractivity (Wildman–Crippen MR) is 51.0 cm³/mol. The highest BCUT2D eigenvalue weighted by Crippen LogP contribution is 2.21. The van der Waals surface area contributed by atoms with Crippen molar-refractivity contribution in [2.24, 2.45) is 5.92 Å². The highest BCUT2D eigenvalue weighted by atomic mass is 16.6. The first-order valence-corrected chi connectivity index (χ1v) is 4.96. The van der Waals surface area contributed by atoms with Gasteiger partial charge in [0.2, 0.25) is 0 Å². The van der Waals surface area contributed by atoms with Crippen molar-refractivity contribution in [1.29, 1.82) is 0 Å². The van der Waals surface area contributed by atoms with Crippen molar-refractivity contribution in [2.45, 2.75) is 26.4 Å². The smallest absolute Gasteiger partial charge is 0.310 e. The quantitative estimate of drug-likeness (QED) is 0.624. The summed E-state index contributed by atoms with van der Waals surface area (Å²) in [6.07, 6.45) is 0. The van der Waals surface area contributed by atoms with Crippen LogP contribution in [0.3, 0.4) is 0 Å². The average molecular weight is 202 g/mol. The maximum Gasteiger partial charge on any atom is 0.310 e. The fourth-order valence-corrected chi connectivity index (χ4v) is 1.15. The van der Waals surface area contributed by atoms with Crippen molar-refractivity contribution in [3.05, 3.63) is 0 Å². The zero-order valence-corrected chi connectivity index (χ0v) is 9.04. The molecule has 1 atom stereocenters. The van der Waals surface area contributed by atoms with Gasteiger partial charge in [-0.1, -0.05) is 0 Å². The molecule has 4 nitrogen and oxygen atoms in total. The molecule has 0 N–H and O–H groups in total. The van der Waals surface area contributed by atoms with E-state index in [-0.39, 0.29) is 17.5 Å². The number of rotatable bonds is 5. The Morgan fingerprint density at radius 3 is 2.64 bits per heavy atom. The summed E-state index contributed by atoms with van der Waals surface area (Å²) in [5, 5.41) is 0. The Kier molecular flexibility index (Phi) is 3.89. The Balaban J connectivity index is 2.20. The number of carbonyl (C=O) groups excluding carboxylic acids is 1. The van der Waals surface area contributed by atoms with E-state index < -0.39 is 0 Å². The molecule has 1 unspecified atom stereocenters. The van der Waals surface area contributed by atoms with Crippen molar-refractivity contribution in [3.8, 4) is 0 Å². The van der Waals surface area contributed by atoms with E-state index in [4.69, 9.17) is 14.2 Å². The molecule has 0 radical (unpaired) electrons. The molecule has 0 amide bonds. The number of hydrogen-bond donors (Lipinski definition) is 0. The van der Waals surface area contributed by atoms with E-state index in [0.717, 1.165) is 0 Å². The number of carbonyl (C=O) groups is 1. The van der Waals surface area contributed by atoms with Crippen LogP contribution < -0.4 is 0 Å². The lowest BCUT2D eigenvalue weighted by molar-refractivity contribution is -0.205. The van der Waals surface area contributed by atoms with E-state index >= 15 is 0 Å². The zero-order chi connectivity index (χ0) is 10.6. The second-order valence-corrected chi connectivity index (χ2v) is 3.91. The minimum atomic E-state index is -0.202. The molecule has 0 spiro atoms. The largest absolute Gasteiger partial charge is 0.466 e. The molecule has 82 valence electrons. The summed E-state index contributed by atoms with van der Waals surface area (Å²) in [5.74, 6) is -0.399. The zero-order valence-electron chi connectivity index (χ0n) is 9.04. The van der Waals surface area contributed by atoms with Crippen LogP contribution in [-0.2, 0) is 19.0 Å². The number of esters is 1. The molecule has 0 bridgehead atoms. The molecule has 4 heteroatoms. The number of hydrogen-bond acceptors (Lipinski definition) is 4. The van der Waals surface area contributed by atoms with Crippen LogP contribution in [0.2, 0.25) is 0 Å². The normalized spacial score (nSPS) is 21.1. The summed E-state index contributed by atoms with van der Waals surface area (Å²) in [4.78, 5) is 11.2. The van der Waals surface area contributed by atoms with Crippen LogP contribution in [0.5, 0.6) is 0 Å². The first-order chi connectivity index (χ1) is 6.57. The fraction of sp³-hybridized carbons (Fsp3) is 0.900. The van der Waals surface area contributed by atoms with Crippen LogP contribution in [0.25, 0.3) is 0 Å². The van der Waals surface area contributed by atoms with Crippen molar-refractivity contribution in [3.63, 3.8) is 0 Å². The Labute approximate surface area is 84.5 Å². The summed E-state index contributed by atoms with van der Waals surface area (Å²) in [6.45, 7) is 7.63. The molecule has 1 aliphatic heterocycles. The minimum Gasteiger partial charge on any atom is -0.466 e. The van der Waals surface area contributed by atoms with Gasteiger partial charge in [-0.25, -0.2) is 0 Å². The van der Waals surface area contributed by atoms with Gasteiger partial charge in [0, 0.05) is 0 Å². The van der Waals surface area contributed by atoms with E-state index in [1.165, 1.54) is 0 Å². The van der Waals surface area contributed by atoms with Gasteiger partial charge in [0.25, 0.3) is 0 Å². The van der Waals surface area contributed by atoms with Crippen LogP contribution in [0.15, 0.2) is 0 Å². The van der Waals surface area contributed by atoms with Crippen molar-refractivity contribution in [2.75, 3.05) is 26.4 Å². The monoisotopic (exact) mass is 202 g/mol. The Bertz CT molecular complexity index is 198. The first-order valence-electron chi connectivity index (χ1n) is 4.96. The Morgan fingerprint density at radius 1 is 1.57 bits per heavy atom. The molecule has 0 aliphatic carbocycles. The standard InChI is InChI=1S/C10H18O4/c1-4-13-9(11)8(2)5-14-10(3)6-12-7-10/h8H,4-7H2,1-3H3. The van der Waals surface area contributed by atoms with E-state index in [2.05, 4.69) is 0 Å². The summed E-state index contributed by atoms with van der Waals surface area (Å²) in [5.41, 5.74) is -0.194. The molecule has 1 rings (SSSR count). The summed E-state index contributed by atoms with van der Waals surface area (Å²) < 4.78 is 15.5. The highest BCUT2D eigenvalue weighted by molar-refractivity contribution is 5.72. The molecule has 0 aromatic carbocycles. The lowest BCUT2D eigenvalue weighted by Crippen LogP contribution is -2.50. The molecule has 1 heterocycles. The highest BCUT2D eigenvalue weighted by Gasteiger charge is 2.35. The van der Waals surface area contributed by atoms with Gasteiger partial charge >= 0.3 is 5.97 Å². The third kappa shape index (κ3) is 2.96. The van der Waals surface area contributed by atoms with Crippen LogP contribution in [-0.4, -0.2) is 38.0 Å². The fourth-order valence-electron chi connectivity index (χ4n) is 1.15. The van der Waals surface area contributed by atoms with Crippen LogP contribution in [0.4, 0.5) is 0 Å². The molecule has 14 heavy (non-hydrogen) atoms. The van der Waals surface area contributed by atoms with E-state index in [1.807, 2.05) is 6.92 Å². The van der Waals surface area contributed by atoms with E-state index in [9.17, 15) is 4.79 Å². The molecular formula is C10H18O4. The van der Waals surface area contributed by atoms with E-state index in [0.29, 0.717) is 26.4 Å². The van der Waals surface area contributed by atoms with E-state index in [1.54, 1.807) is 13.8 Å². The third-order valence-corrected chi connectivity index (χ3v) is 2.19. The summed E-state index contributed by atoms with van der Waals surface area (Å²) in [6, 6.07) is 0. The summed E-state index contributed by atoms with van der Waals surface area (Å²) >= 11 is 0. The molecule has 1 fully saturated rings. The SMILES string of the molecule is CCOC(=O)C(C)COC1(C)COC1. The second kappa shape index (κ2) is 4.75. The molecule has 1 saturated heterocycles. The Hall–Kier alpha value is -0.610. The van der Waals surface area contributed by atoms with Gasteiger partial charge in [0.1, 0.15) is 5.60 Å². The lowest BCUT2D eigenvalue weighted by atomic mass is 10.1.